The van der Waals surface area contributed by atoms with Gasteiger partial charge in [0.05, 0.1) is 6.04 Å². The molecule has 1 aliphatic rings. The lowest BCUT2D eigenvalue weighted by Gasteiger charge is -2.43. The number of fused-ring (bicyclic) bond motifs is 1. The third kappa shape index (κ3) is 3.16. The predicted octanol–water partition coefficient (Wildman–Crippen LogP) is 4.32. The van der Waals surface area contributed by atoms with Gasteiger partial charge in [-0.1, -0.05) is 43.3 Å². The highest BCUT2D eigenvalue weighted by Crippen LogP contribution is 2.42. The first-order valence-electron chi connectivity index (χ1n) is 8.80. The molecular formula is C21H24N2O2. The van der Waals surface area contributed by atoms with Gasteiger partial charge < -0.3 is 9.80 Å². The highest BCUT2D eigenvalue weighted by atomic mass is 16.2. The van der Waals surface area contributed by atoms with Crippen molar-refractivity contribution in [1.29, 1.82) is 0 Å². The van der Waals surface area contributed by atoms with Crippen molar-refractivity contribution in [3.05, 3.63) is 60.2 Å². The molecule has 4 heteroatoms. The van der Waals surface area contributed by atoms with E-state index in [1.54, 1.807) is 6.92 Å². The number of amides is 2. The van der Waals surface area contributed by atoms with Crippen molar-refractivity contribution in [1.82, 2.24) is 0 Å². The van der Waals surface area contributed by atoms with Crippen molar-refractivity contribution >= 4 is 23.2 Å². The molecule has 0 N–H and O–H groups in total. The van der Waals surface area contributed by atoms with E-state index in [2.05, 4.69) is 6.92 Å². The fraction of sp³-hybridized carbons (Fsp3) is 0.333. The lowest BCUT2D eigenvalue weighted by Crippen LogP contribution is -2.47. The summed E-state index contributed by atoms with van der Waals surface area (Å²) in [4.78, 5) is 28.7. The molecule has 0 bridgehead atoms. The molecule has 2 amide bonds. The summed E-state index contributed by atoms with van der Waals surface area (Å²) in [7, 11) is 0. The molecule has 0 aliphatic carbocycles. The molecule has 4 nitrogen and oxygen atoms in total. The summed E-state index contributed by atoms with van der Waals surface area (Å²) in [6.45, 7) is 5.54. The van der Waals surface area contributed by atoms with E-state index in [1.165, 1.54) is 0 Å². The Morgan fingerprint density at radius 2 is 1.72 bits per heavy atom. The lowest BCUT2D eigenvalue weighted by atomic mass is 9.89. The molecule has 1 aliphatic heterocycles. The molecule has 25 heavy (non-hydrogen) atoms. The maximum atomic E-state index is 12.5. The van der Waals surface area contributed by atoms with Gasteiger partial charge in [-0.3, -0.25) is 9.59 Å². The van der Waals surface area contributed by atoms with E-state index in [0.29, 0.717) is 6.42 Å². The number of benzene rings is 2. The van der Waals surface area contributed by atoms with Crippen molar-refractivity contribution in [3.8, 4) is 0 Å². The third-order valence-electron chi connectivity index (χ3n) is 4.82. The highest BCUT2D eigenvalue weighted by molar-refractivity contribution is 5.97. The van der Waals surface area contributed by atoms with Crippen LogP contribution in [0.2, 0.25) is 0 Å². The zero-order valence-electron chi connectivity index (χ0n) is 15.0. The summed E-state index contributed by atoms with van der Waals surface area (Å²) in [5.74, 6) is 0.126. The second-order valence-electron chi connectivity index (χ2n) is 6.50. The van der Waals surface area contributed by atoms with E-state index in [0.717, 1.165) is 23.4 Å². The fourth-order valence-electron chi connectivity index (χ4n) is 3.75. The van der Waals surface area contributed by atoms with Gasteiger partial charge >= 0.3 is 0 Å². The number of nitrogens with zero attached hydrogens (tertiary/aromatic N) is 2. The van der Waals surface area contributed by atoms with Crippen LogP contribution < -0.4 is 9.80 Å². The first-order chi connectivity index (χ1) is 12.0. The molecule has 1 heterocycles. The van der Waals surface area contributed by atoms with E-state index in [9.17, 15) is 9.59 Å². The zero-order valence-corrected chi connectivity index (χ0v) is 15.0. The number of carbonyl (C=O) groups is 2. The summed E-state index contributed by atoms with van der Waals surface area (Å²) in [5.41, 5.74) is 2.83. The number of para-hydroxylation sites is 2. The minimum absolute atomic E-state index is 0.00784. The highest BCUT2D eigenvalue weighted by Gasteiger charge is 2.37. The van der Waals surface area contributed by atoms with Gasteiger partial charge in [0.15, 0.2) is 0 Å². The second-order valence-corrected chi connectivity index (χ2v) is 6.50. The van der Waals surface area contributed by atoms with Crippen LogP contribution in [-0.2, 0) is 9.59 Å². The van der Waals surface area contributed by atoms with Crippen LogP contribution in [0.1, 0.15) is 45.2 Å². The number of carbonyl (C=O) groups excluding carboxylic acids is 2. The van der Waals surface area contributed by atoms with Crippen LogP contribution in [-0.4, -0.2) is 17.9 Å². The summed E-state index contributed by atoms with van der Waals surface area (Å²) >= 11 is 0. The van der Waals surface area contributed by atoms with Gasteiger partial charge in [-0.15, -0.1) is 0 Å². The van der Waals surface area contributed by atoms with Crippen LogP contribution in [0, 0.1) is 0 Å². The van der Waals surface area contributed by atoms with Crippen molar-refractivity contribution in [2.45, 2.75) is 45.7 Å². The molecule has 0 radical (unpaired) electrons. The largest absolute Gasteiger partial charge is 0.309 e. The van der Waals surface area contributed by atoms with Gasteiger partial charge in [0.1, 0.15) is 0 Å². The maximum absolute atomic E-state index is 12.5. The van der Waals surface area contributed by atoms with Gasteiger partial charge in [-0.25, -0.2) is 0 Å². The summed E-state index contributed by atoms with van der Waals surface area (Å²) in [6.07, 6.45) is 1.19. The quantitative estimate of drug-likeness (QED) is 0.838. The first-order valence-corrected chi connectivity index (χ1v) is 8.80. The van der Waals surface area contributed by atoms with Gasteiger partial charge in [0, 0.05) is 30.8 Å². The Labute approximate surface area is 149 Å². The molecular weight excluding hydrogens is 312 g/mol. The molecule has 3 rings (SSSR count). The van der Waals surface area contributed by atoms with Crippen LogP contribution in [0.15, 0.2) is 54.6 Å². The topological polar surface area (TPSA) is 40.6 Å². The van der Waals surface area contributed by atoms with Crippen LogP contribution >= 0.6 is 0 Å². The van der Waals surface area contributed by atoms with E-state index >= 15 is 0 Å². The Bertz CT molecular complexity index is 772. The number of anilines is 2. The molecule has 0 fully saturated rings. The average molecular weight is 336 g/mol. The smallest absolute Gasteiger partial charge is 0.226 e. The molecule has 0 aromatic heterocycles. The SMILES string of the molecule is CCC(=O)N1c2ccccc2[C@H](N(C(C)=O)c2ccccc2)C[C@@H]1C. The van der Waals surface area contributed by atoms with Crippen molar-refractivity contribution in [3.63, 3.8) is 0 Å². The van der Waals surface area contributed by atoms with Gasteiger partial charge in [0.25, 0.3) is 0 Å². The maximum Gasteiger partial charge on any atom is 0.226 e. The Balaban J connectivity index is 2.10. The van der Waals surface area contributed by atoms with E-state index in [-0.39, 0.29) is 23.9 Å². The monoisotopic (exact) mass is 336 g/mol. The van der Waals surface area contributed by atoms with Crippen molar-refractivity contribution in [2.75, 3.05) is 9.80 Å². The minimum Gasteiger partial charge on any atom is -0.309 e. The summed E-state index contributed by atoms with van der Waals surface area (Å²) in [6, 6.07) is 17.6. The van der Waals surface area contributed by atoms with Gasteiger partial charge in [0.2, 0.25) is 11.8 Å². The standard InChI is InChI=1S/C21H24N2O2/c1-4-21(25)22-15(2)14-20(18-12-8-9-13-19(18)22)23(16(3)24)17-10-6-5-7-11-17/h5-13,15,20H,4,14H2,1-3H3/t15-,20+/m0/s1. The molecule has 0 spiro atoms. The molecule has 130 valence electrons. The zero-order chi connectivity index (χ0) is 18.0. The summed E-state index contributed by atoms with van der Waals surface area (Å²) in [5, 5.41) is 0. The lowest BCUT2D eigenvalue weighted by molar-refractivity contribution is -0.118. The molecule has 0 saturated heterocycles. The molecule has 2 atom stereocenters. The second kappa shape index (κ2) is 7.09. The molecule has 0 saturated carbocycles. The number of hydrogen-bond donors (Lipinski definition) is 0. The minimum atomic E-state index is -0.0768. The molecule has 0 unspecified atom stereocenters. The Hall–Kier alpha value is -2.62. The van der Waals surface area contributed by atoms with Crippen LogP contribution in [0.4, 0.5) is 11.4 Å². The molecule has 2 aromatic rings. The van der Waals surface area contributed by atoms with Gasteiger partial charge in [-0.2, -0.15) is 0 Å². The van der Waals surface area contributed by atoms with Crippen molar-refractivity contribution in [2.24, 2.45) is 0 Å². The van der Waals surface area contributed by atoms with Crippen LogP contribution in [0.3, 0.4) is 0 Å². The molecule has 2 aromatic carbocycles. The van der Waals surface area contributed by atoms with Crippen LogP contribution in [0.5, 0.6) is 0 Å². The van der Waals surface area contributed by atoms with Crippen molar-refractivity contribution < 1.29 is 9.59 Å². The van der Waals surface area contributed by atoms with Crippen LogP contribution in [0.25, 0.3) is 0 Å². The normalized spacial score (nSPS) is 19.2. The number of rotatable bonds is 3. The Kier molecular flexibility index (Phi) is 4.88. The van der Waals surface area contributed by atoms with E-state index in [1.807, 2.05) is 71.3 Å². The predicted molar refractivity (Wildman–Crippen MR) is 101 cm³/mol. The van der Waals surface area contributed by atoms with E-state index < -0.39 is 0 Å². The average Bonchev–Trinajstić information content (AvgIpc) is 2.62. The van der Waals surface area contributed by atoms with Gasteiger partial charge in [-0.05, 0) is 37.1 Å². The first kappa shape index (κ1) is 17.2. The third-order valence-corrected chi connectivity index (χ3v) is 4.82. The fourth-order valence-corrected chi connectivity index (χ4v) is 3.75. The Morgan fingerprint density at radius 1 is 1.08 bits per heavy atom. The van der Waals surface area contributed by atoms with E-state index in [4.69, 9.17) is 0 Å². The Morgan fingerprint density at radius 3 is 2.36 bits per heavy atom. The number of hydrogen-bond acceptors (Lipinski definition) is 2. The summed E-state index contributed by atoms with van der Waals surface area (Å²) < 4.78 is 0.